The average Bonchev–Trinajstić information content (AvgIpc) is 3.04. The predicted octanol–water partition coefficient (Wildman–Crippen LogP) is 6.22. The summed E-state index contributed by atoms with van der Waals surface area (Å²) in [4.78, 5) is 4.94. The Morgan fingerprint density at radius 3 is 2.14 bits per heavy atom. The molecule has 1 aliphatic rings. The van der Waals surface area contributed by atoms with E-state index in [4.69, 9.17) is 24.3 Å². The van der Waals surface area contributed by atoms with Gasteiger partial charge in [-0.1, -0.05) is 45.0 Å². The number of hydrazone groups is 1. The predicted molar refractivity (Wildman–Crippen MR) is 142 cm³/mol. The molecule has 35 heavy (non-hydrogen) atoms. The molecule has 0 saturated heterocycles. The third kappa shape index (κ3) is 5.32. The maximum absolute atomic E-state index is 5.86. The van der Waals surface area contributed by atoms with Gasteiger partial charge in [0.2, 0.25) is 0 Å². The van der Waals surface area contributed by atoms with Crippen LogP contribution in [0.2, 0.25) is 0 Å². The summed E-state index contributed by atoms with van der Waals surface area (Å²) in [5.74, 6) is 2.81. The van der Waals surface area contributed by atoms with Crippen LogP contribution in [-0.2, 0) is 5.41 Å². The Kier molecular flexibility index (Phi) is 7.10. The topological polar surface area (TPSA) is 64.4 Å². The van der Waals surface area contributed by atoms with Crippen LogP contribution in [0.3, 0.4) is 0 Å². The largest absolute Gasteiger partial charge is 0.497 e. The first-order chi connectivity index (χ1) is 16.8. The van der Waals surface area contributed by atoms with Gasteiger partial charge in [-0.3, -0.25) is 5.43 Å². The van der Waals surface area contributed by atoms with Crippen LogP contribution in [0.5, 0.6) is 17.2 Å². The Labute approximate surface area is 207 Å². The van der Waals surface area contributed by atoms with Crippen molar-refractivity contribution >= 4 is 17.2 Å². The van der Waals surface area contributed by atoms with E-state index in [1.165, 1.54) is 5.56 Å². The summed E-state index contributed by atoms with van der Waals surface area (Å²) in [5, 5.41) is 4.80. The van der Waals surface area contributed by atoms with E-state index in [9.17, 15) is 0 Å². The lowest BCUT2D eigenvalue weighted by Gasteiger charge is -2.19. The number of benzene rings is 3. The third-order valence-corrected chi connectivity index (χ3v) is 5.81. The molecule has 1 aliphatic heterocycles. The molecule has 1 heterocycles. The summed E-state index contributed by atoms with van der Waals surface area (Å²) >= 11 is 0. The molecule has 0 radical (unpaired) electrons. The minimum absolute atomic E-state index is 0.0810. The summed E-state index contributed by atoms with van der Waals surface area (Å²) in [6.07, 6.45) is 0. The van der Waals surface area contributed by atoms with E-state index in [-0.39, 0.29) is 5.41 Å². The quantitative estimate of drug-likeness (QED) is 0.444. The first-order valence-electron chi connectivity index (χ1n) is 12.0. The van der Waals surface area contributed by atoms with E-state index in [1.54, 1.807) is 7.11 Å². The number of methoxy groups -OCH3 is 1. The lowest BCUT2D eigenvalue weighted by molar-refractivity contribution is 0.287. The van der Waals surface area contributed by atoms with Crippen molar-refractivity contribution in [1.29, 1.82) is 0 Å². The fourth-order valence-electron chi connectivity index (χ4n) is 3.92. The van der Waals surface area contributed by atoms with Gasteiger partial charge < -0.3 is 14.2 Å². The van der Waals surface area contributed by atoms with Gasteiger partial charge in [0.1, 0.15) is 11.5 Å². The van der Waals surface area contributed by atoms with Crippen molar-refractivity contribution in [3.05, 3.63) is 82.9 Å². The second kappa shape index (κ2) is 10.2. The van der Waals surface area contributed by atoms with E-state index in [2.05, 4.69) is 50.5 Å². The molecule has 0 fully saturated rings. The van der Waals surface area contributed by atoms with E-state index < -0.39 is 0 Å². The van der Waals surface area contributed by atoms with E-state index in [1.807, 2.05) is 50.2 Å². The number of hydrogen-bond donors (Lipinski definition) is 1. The molecule has 3 aromatic rings. The number of nitrogens with zero attached hydrogens (tertiary/aromatic N) is 2. The molecule has 6 heteroatoms. The minimum Gasteiger partial charge on any atom is -0.497 e. The van der Waals surface area contributed by atoms with Crippen molar-refractivity contribution in [3.8, 4) is 17.2 Å². The van der Waals surface area contributed by atoms with E-state index in [0.29, 0.717) is 30.5 Å². The van der Waals surface area contributed by atoms with Gasteiger partial charge in [0.05, 0.1) is 26.0 Å². The van der Waals surface area contributed by atoms with Gasteiger partial charge in [0.25, 0.3) is 0 Å². The Morgan fingerprint density at radius 1 is 0.800 bits per heavy atom. The molecule has 0 unspecified atom stereocenters. The number of ether oxygens (including phenoxy) is 3. The Hall–Kier alpha value is -3.80. The van der Waals surface area contributed by atoms with Gasteiger partial charge in [0.15, 0.2) is 17.3 Å². The number of hydrogen-bond acceptors (Lipinski definition) is 6. The van der Waals surface area contributed by atoms with Crippen LogP contribution in [0.25, 0.3) is 0 Å². The zero-order valence-corrected chi connectivity index (χ0v) is 21.3. The van der Waals surface area contributed by atoms with Crippen molar-refractivity contribution in [1.82, 2.24) is 5.43 Å². The maximum atomic E-state index is 5.86. The van der Waals surface area contributed by atoms with Crippen LogP contribution in [-0.4, -0.2) is 31.9 Å². The van der Waals surface area contributed by atoms with E-state index >= 15 is 0 Å². The van der Waals surface area contributed by atoms with E-state index in [0.717, 1.165) is 33.8 Å². The fourth-order valence-corrected chi connectivity index (χ4v) is 3.92. The van der Waals surface area contributed by atoms with Crippen LogP contribution in [0, 0.1) is 0 Å². The third-order valence-electron chi connectivity index (χ3n) is 5.81. The second-order valence-electron chi connectivity index (χ2n) is 9.27. The highest BCUT2D eigenvalue weighted by atomic mass is 16.5. The molecule has 6 nitrogen and oxygen atoms in total. The number of amidine groups is 1. The van der Waals surface area contributed by atoms with Crippen molar-refractivity contribution in [3.63, 3.8) is 0 Å². The molecular weight excluding hydrogens is 438 g/mol. The highest BCUT2D eigenvalue weighted by Gasteiger charge is 2.20. The van der Waals surface area contributed by atoms with Gasteiger partial charge in [-0.05, 0) is 61.2 Å². The minimum atomic E-state index is 0.0810. The summed E-state index contributed by atoms with van der Waals surface area (Å²) in [6.45, 7) is 11.6. The molecule has 0 saturated carbocycles. The maximum Gasteiger partial charge on any atom is 0.161 e. The Bertz CT molecular complexity index is 1260. The molecule has 182 valence electrons. The number of rotatable bonds is 7. The van der Waals surface area contributed by atoms with Crippen LogP contribution >= 0.6 is 0 Å². The molecule has 0 bridgehead atoms. The number of nitrogens with one attached hydrogen (secondary N) is 1. The summed E-state index contributed by atoms with van der Waals surface area (Å²) in [7, 11) is 1.66. The van der Waals surface area contributed by atoms with Gasteiger partial charge >= 0.3 is 0 Å². The first kappa shape index (κ1) is 24.3. The van der Waals surface area contributed by atoms with Crippen molar-refractivity contribution < 1.29 is 14.2 Å². The van der Waals surface area contributed by atoms with Crippen LogP contribution in [0.1, 0.15) is 56.9 Å². The van der Waals surface area contributed by atoms with Gasteiger partial charge in [-0.25, -0.2) is 4.99 Å². The number of fused-ring (bicyclic) bond motifs is 1. The summed E-state index contributed by atoms with van der Waals surface area (Å²) in [6, 6.07) is 20.2. The van der Waals surface area contributed by atoms with Crippen molar-refractivity contribution in [2.75, 3.05) is 20.3 Å². The molecule has 0 spiro atoms. The lowest BCUT2D eigenvalue weighted by atomic mass is 9.86. The SMILES string of the molecule is CCOc1ccc(C2=NNC(c3ccc(C(C)(C)C)cc3)=Nc3ccc(OC)cc32)cc1OCC. The molecule has 0 atom stereocenters. The second-order valence-corrected chi connectivity index (χ2v) is 9.27. The Morgan fingerprint density at radius 2 is 1.49 bits per heavy atom. The zero-order chi connectivity index (χ0) is 25.0. The zero-order valence-electron chi connectivity index (χ0n) is 21.3. The molecular formula is C29H33N3O3. The van der Waals surface area contributed by atoms with Crippen LogP contribution in [0.4, 0.5) is 5.69 Å². The smallest absolute Gasteiger partial charge is 0.161 e. The van der Waals surface area contributed by atoms with Crippen LogP contribution in [0.15, 0.2) is 70.8 Å². The van der Waals surface area contributed by atoms with Gasteiger partial charge in [-0.15, -0.1) is 0 Å². The number of aliphatic imine (C=N–C) groups is 1. The fraction of sp³-hybridized carbons (Fsp3) is 0.310. The van der Waals surface area contributed by atoms with Gasteiger partial charge in [-0.2, -0.15) is 5.10 Å². The standard InChI is InChI=1S/C29H33N3O3/c1-7-34-25-16-11-20(17-26(25)35-8-2)27-23-18-22(33-6)14-15-24(23)30-28(32-31-27)19-9-12-21(13-10-19)29(3,4)5/h9-18H,7-8H2,1-6H3,(H,30,32). The van der Waals surface area contributed by atoms with Crippen molar-refractivity contribution in [2.24, 2.45) is 10.1 Å². The average molecular weight is 472 g/mol. The van der Waals surface area contributed by atoms with Crippen molar-refractivity contribution in [2.45, 2.75) is 40.0 Å². The van der Waals surface area contributed by atoms with Gasteiger partial charge in [0, 0.05) is 16.7 Å². The highest BCUT2D eigenvalue weighted by Crippen LogP contribution is 2.33. The monoisotopic (exact) mass is 471 g/mol. The normalized spacial score (nSPS) is 13.1. The Balaban J connectivity index is 1.80. The molecule has 0 aromatic heterocycles. The first-order valence-corrected chi connectivity index (χ1v) is 12.0. The molecule has 0 amide bonds. The van der Waals surface area contributed by atoms with Crippen LogP contribution < -0.4 is 19.6 Å². The molecule has 0 aliphatic carbocycles. The molecule has 1 N–H and O–H groups in total. The summed E-state index contributed by atoms with van der Waals surface area (Å²) in [5.41, 5.74) is 8.82. The summed E-state index contributed by atoms with van der Waals surface area (Å²) < 4.78 is 17.1. The lowest BCUT2D eigenvalue weighted by Crippen LogP contribution is -2.20. The molecule has 3 aromatic carbocycles. The molecule has 4 rings (SSSR count). The highest BCUT2D eigenvalue weighted by molar-refractivity contribution is 6.18.